The van der Waals surface area contributed by atoms with E-state index in [1.807, 2.05) is 13.8 Å². The van der Waals surface area contributed by atoms with Gasteiger partial charge in [-0.15, -0.1) is 0 Å². The lowest BCUT2D eigenvalue weighted by Gasteiger charge is -2.11. The number of nitrogens with two attached hydrogens (primary N) is 1. The molecule has 1 amide bonds. The largest absolute Gasteiger partial charge is 0.350 e. The lowest BCUT2D eigenvalue weighted by molar-refractivity contribution is 0.0947. The summed E-state index contributed by atoms with van der Waals surface area (Å²) >= 11 is 0. The zero-order valence-corrected chi connectivity index (χ0v) is 10.7. The summed E-state index contributed by atoms with van der Waals surface area (Å²) in [5, 5.41) is 2.88. The van der Waals surface area contributed by atoms with E-state index in [9.17, 15) is 4.79 Å². The van der Waals surface area contributed by atoms with Crippen LogP contribution in [-0.2, 0) is 0 Å². The minimum atomic E-state index is -0.195. The summed E-state index contributed by atoms with van der Waals surface area (Å²) in [5.74, 6) is 6.63. The van der Waals surface area contributed by atoms with E-state index >= 15 is 0 Å². The maximum absolute atomic E-state index is 12.0. The molecule has 0 radical (unpaired) electrons. The number of nitrogens with one attached hydrogen (secondary N) is 2. The van der Waals surface area contributed by atoms with Crippen LogP contribution in [0.4, 0.5) is 5.69 Å². The summed E-state index contributed by atoms with van der Waals surface area (Å²) in [6.07, 6.45) is 3.95. The molecule has 0 saturated heterocycles. The van der Waals surface area contributed by atoms with Crippen LogP contribution in [0.25, 0.3) is 0 Å². The highest BCUT2D eigenvalue weighted by Gasteiger charge is 2.23. The van der Waals surface area contributed by atoms with Crippen molar-refractivity contribution >= 4 is 11.6 Å². The molecule has 6 heteroatoms. The topological polar surface area (TPSA) is 92.9 Å². The second-order valence-corrected chi connectivity index (χ2v) is 4.94. The molecule has 98 valence electrons. The summed E-state index contributed by atoms with van der Waals surface area (Å²) in [4.78, 5) is 20.5. The van der Waals surface area contributed by atoms with Crippen molar-refractivity contribution in [3.63, 3.8) is 0 Å². The van der Waals surface area contributed by atoms with E-state index in [0.29, 0.717) is 29.7 Å². The third-order valence-electron chi connectivity index (χ3n) is 2.94. The summed E-state index contributed by atoms with van der Waals surface area (Å²) < 4.78 is 0. The average molecular weight is 249 g/mol. The number of carbonyl (C=O) groups is 1. The first-order chi connectivity index (χ1) is 8.61. The Morgan fingerprint density at radius 3 is 2.83 bits per heavy atom. The highest BCUT2D eigenvalue weighted by atomic mass is 16.1. The molecule has 0 bridgehead atoms. The van der Waals surface area contributed by atoms with E-state index in [1.54, 1.807) is 6.20 Å². The number of rotatable bonds is 5. The highest BCUT2D eigenvalue weighted by molar-refractivity contribution is 5.97. The second kappa shape index (κ2) is 5.30. The molecule has 1 aromatic heterocycles. The number of nitrogens with zero attached hydrogens (tertiary/aromatic N) is 2. The van der Waals surface area contributed by atoms with Gasteiger partial charge >= 0.3 is 0 Å². The Labute approximate surface area is 106 Å². The maximum Gasteiger partial charge on any atom is 0.272 e. The first-order valence-electron chi connectivity index (χ1n) is 6.23. The van der Waals surface area contributed by atoms with Gasteiger partial charge in [0.15, 0.2) is 5.69 Å². The third kappa shape index (κ3) is 2.95. The standard InChI is InChI=1S/C12H19N5O/c1-7(2)11-14-6-9(17-13)10(16-11)12(18)15-5-8-3-4-8/h6-8,17H,3-5,13H2,1-2H3,(H,15,18). The number of carbonyl (C=O) groups excluding carboxylic acids is 1. The smallest absolute Gasteiger partial charge is 0.272 e. The minimum Gasteiger partial charge on any atom is -0.350 e. The summed E-state index contributed by atoms with van der Waals surface area (Å²) in [7, 11) is 0. The molecule has 1 aliphatic carbocycles. The van der Waals surface area contributed by atoms with Gasteiger partial charge in [-0.2, -0.15) is 0 Å². The molecule has 4 N–H and O–H groups in total. The Morgan fingerprint density at radius 2 is 2.28 bits per heavy atom. The van der Waals surface area contributed by atoms with Crippen molar-refractivity contribution in [2.45, 2.75) is 32.6 Å². The molecule has 1 fully saturated rings. The van der Waals surface area contributed by atoms with E-state index in [0.717, 1.165) is 0 Å². The lowest BCUT2D eigenvalue weighted by Crippen LogP contribution is -2.28. The van der Waals surface area contributed by atoms with Gasteiger partial charge in [0.25, 0.3) is 5.91 Å². The lowest BCUT2D eigenvalue weighted by atomic mass is 10.2. The van der Waals surface area contributed by atoms with Crippen molar-refractivity contribution in [1.29, 1.82) is 0 Å². The molecule has 18 heavy (non-hydrogen) atoms. The molecule has 1 heterocycles. The van der Waals surface area contributed by atoms with Crippen LogP contribution in [0.5, 0.6) is 0 Å². The average Bonchev–Trinajstić information content (AvgIpc) is 3.19. The van der Waals surface area contributed by atoms with Crippen LogP contribution in [0.15, 0.2) is 6.20 Å². The number of anilines is 1. The van der Waals surface area contributed by atoms with E-state index in [4.69, 9.17) is 5.84 Å². The Balaban J connectivity index is 2.16. The van der Waals surface area contributed by atoms with Gasteiger partial charge in [-0.05, 0) is 18.8 Å². The van der Waals surface area contributed by atoms with Gasteiger partial charge in [0.05, 0.1) is 11.9 Å². The normalized spacial score (nSPS) is 14.7. The first-order valence-corrected chi connectivity index (χ1v) is 6.23. The number of hydrazine groups is 1. The van der Waals surface area contributed by atoms with Gasteiger partial charge in [0.2, 0.25) is 0 Å². The summed E-state index contributed by atoms with van der Waals surface area (Å²) in [6, 6.07) is 0. The van der Waals surface area contributed by atoms with Crippen molar-refractivity contribution in [3.8, 4) is 0 Å². The molecular weight excluding hydrogens is 230 g/mol. The number of hydrogen-bond acceptors (Lipinski definition) is 5. The number of nitrogen functional groups attached to an aromatic ring is 1. The van der Waals surface area contributed by atoms with Crippen molar-refractivity contribution in [1.82, 2.24) is 15.3 Å². The van der Waals surface area contributed by atoms with Crippen LogP contribution in [0, 0.1) is 5.92 Å². The zero-order valence-electron chi connectivity index (χ0n) is 10.7. The van der Waals surface area contributed by atoms with Crippen LogP contribution in [0.3, 0.4) is 0 Å². The minimum absolute atomic E-state index is 0.173. The zero-order chi connectivity index (χ0) is 13.1. The van der Waals surface area contributed by atoms with Crippen molar-refractivity contribution in [2.75, 3.05) is 12.0 Å². The van der Waals surface area contributed by atoms with Gasteiger partial charge in [-0.3, -0.25) is 10.6 Å². The van der Waals surface area contributed by atoms with Gasteiger partial charge in [0.1, 0.15) is 5.82 Å². The number of aromatic nitrogens is 2. The molecule has 0 atom stereocenters. The fraction of sp³-hybridized carbons (Fsp3) is 0.583. The summed E-state index contributed by atoms with van der Waals surface area (Å²) in [6.45, 7) is 4.68. The fourth-order valence-corrected chi connectivity index (χ4v) is 1.60. The highest BCUT2D eigenvalue weighted by Crippen LogP contribution is 2.27. The second-order valence-electron chi connectivity index (χ2n) is 4.94. The predicted molar refractivity (Wildman–Crippen MR) is 69.0 cm³/mol. The molecule has 2 rings (SSSR count). The maximum atomic E-state index is 12.0. The predicted octanol–water partition coefficient (Wildman–Crippen LogP) is 1.03. The molecule has 0 spiro atoms. The van der Waals surface area contributed by atoms with Crippen LogP contribution in [-0.4, -0.2) is 22.4 Å². The molecule has 1 aromatic rings. The SMILES string of the molecule is CC(C)c1ncc(NN)c(C(=O)NCC2CC2)n1. The monoisotopic (exact) mass is 249 g/mol. The Morgan fingerprint density at radius 1 is 1.56 bits per heavy atom. The molecule has 1 saturated carbocycles. The molecule has 0 aliphatic heterocycles. The van der Waals surface area contributed by atoms with Gasteiger partial charge in [-0.25, -0.2) is 9.97 Å². The van der Waals surface area contributed by atoms with Crippen LogP contribution < -0.4 is 16.6 Å². The molecule has 0 aromatic carbocycles. The molecule has 0 unspecified atom stereocenters. The van der Waals surface area contributed by atoms with E-state index in [-0.39, 0.29) is 11.8 Å². The Kier molecular flexibility index (Phi) is 3.76. The van der Waals surface area contributed by atoms with E-state index in [1.165, 1.54) is 12.8 Å². The van der Waals surface area contributed by atoms with Gasteiger partial charge in [-0.1, -0.05) is 13.8 Å². The van der Waals surface area contributed by atoms with Gasteiger partial charge in [0, 0.05) is 12.5 Å². The number of hydrogen-bond donors (Lipinski definition) is 3. The van der Waals surface area contributed by atoms with Crippen LogP contribution in [0.2, 0.25) is 0 Å². The summed E-state index contributed by atoms with van der Waals surface area (Å²) in [5.41, 5.74) is 3.23. The van der Waals surface area contributed by atoms with E-state index < -0.39 is 0 Å². The molecule has 6 nitrogen and oxygen atoms in total. The van der Waals surface area contributed by atoms with Crippen molar-refractivity contribution in [3.05, 3.63) is 17.7 Å². The van der Waals surface area contributed by atoms with Crippen LogP contribution in [0.1, 0.15) is 48.9 Å². The first kappa shape index (κ1) is 12.8. The van der Waals surface area contributed by atoms with Gasteiger partial charge < -0.3 is 10.7 Å². The van der Waals surface area contributed by atoms with E-state index in [2.05, 4.69) is 20.7 Å². The molecular formula is C12H19N5O. The van der Waals surface area contributed by atoms with Crippen LogP contribution >= 0.6 is 0 Å². The van der Waals surface area contributed by atoms with Crippen molar-refractivity contribution < 1.29 is 4.79 Å². The Bertz CT molecular complexity index is 442. The molecule has 1 aliphatic rings. The quantitative estimate of drug-likeness (QED) is 0.535. The third-order valence-corrected chi connectivity index (χ3v) is 2.94. The fourth-order valence-electron chi connectivity index (χ4n) is 1.60. The Hall–Kier alpha value is -1.69. The number of amides is 1. The van der Waals surface area contributed by atoms with Crippen molar-refractivity contribution in [2.24, 2.45) is 11.8 Å².